The molecule has 0 aliphatic rings. The van der Waals surface area contributed by atoms with Gasteiger partial charge >= 0.3 is 5.97 Å². The normalized spacial score (nSPS) is 11.9. The lowest BCUT2D eigenvalue weighted by atomic mass is 9.88. The minimum Gasteiger partial charge on any atom is -0.479 e. The van der Waals surface area contributed by atoms with Crippen LogP contribution in [0.5, 0.6) is 0 Å². The van der Waals surface area contributed by atoms with E-state index in [9.17, 15) is 14.7 Å². The summed E-state index contributed by atoms with van der Waals surface area (Å²) in [5.74, 6) is -0.845. The lowest BCUT2D eigenvalue weighted by Gasteiger charge is -2.24. The van der Waals surface area contributed by atoms with Crippen molar-refractivity contribution in [3.05, 3.63) is 111 Å². The molecule has 0 amide bonds. The van der Waals surface area contributed by atoms with Crippen LogP contribution in [0.3, 0.4) is 0 Å². The second kappa shape index (κ2) is 9.53. The van der Waals surface area contributed by atoms with E-state index >= 15 is 0 Å². The number of hydrogen-bond acceptors (Lipinski definition) is 4. The highest BCUT2D eigenvalue weighted by molar-refractivity contribution is 6.30. The maximum Gasteiger partial charge on any atom is 0.349 e. The first-order valence-electron chi connectivity index (χ1n) is 10.6. The van der Waals surface area contributed by atoms with E-state index < -0.39 is 12.1 Å². The maximum absolute atomic E-state index is 12.9. The Morgan fingerprint density at radius 2 is 1.82 bits per heavy atom. The molecule has 0 aliphatic heterocycles. The molecule has 0 fully saturated rings. The number of aliphatic carboxylic acids is 1. The second-order valence-electron chi connectivity index (χ2n) is 8.07. The molecule has 1 atom stereocenters. The molecule has 1 N–H and O–H groups in total. The highest BCUT2D eigenvalue weighted by Gasteiger charge is 2.29. The molecular formula is C27H23ClN2O4. The minimum absolute atomic E-state index is 0.161. The molecule has 0 saturated heterocycles. The molecule has 0 unspecified atom stereocenters. The Labute approximate surface area is 201 Å². The molecular weight excluding hydrogens is 452 g/mol. The van der Waals surface area contributed by atoms with Crippen LogP contribution in [-0.2, 0) is 16.1 Å². The number of halogens is 1. The van der Waals surface area contributed by atoms with Gasteiger partial charge in [0.1, 0.15) is 0 Å². The SMILES string of the molecule is C=C(C)O[C@H](C(=O)O)c1c(C)cc2c(ccc(=O)n2Cc2ccncc2)c1-c1ccc(Cl)cc1. The van der Waals surface area contributed by atoms with Gasteiger partial charge in [-0.2, -0.15) is 0 Å². The zero-order chi connectivity index (χ0) is 24.4. The van der Waals surface area contributed by atoms with Gasteiger partial charge in [0.15, 0.2) is 0 Å². The molecule has 7 heteroatoms. The first kappa shape index (κ1) is 23.3. The fourth-order valence-electron chi connectivity index (χ4n) is 4.12. The van der Waals surface area contributed by atoms with Crippen LogP contribution in [0.4, 0.5) is 0 Å². The van der Waals surface area contributed by atoms with Crippen LogP contribution in [0.1, 0.15) is 29.7 Å². The van der Waals surface area contributed by atoms with Crippen LogP contribution in [0.15, 0.2) is 84.1 Å². The summed E-state index contributed by atoms with van der Waals surface area (Å²) >= 11 is 6.13. The van der Waals surface area contributed by atoms with Crippen LogP contribution in [-0.4, -0.2) is 20.6 Å². The van der Waals surface area contributed by atoms with Crippen molar-refractivity contribution in [3.8, 4) is 11.1 Å². The van der Waals surface area contributed by atoms with E-state index in [1.807, 2.05) is 37.3 Å². The van der Waals surface area contributed by atoms with Crippen LogP contribution in [0, 0.1) is 6.92 Å². The molecule has 2 aromatic carbocycles. The van der Waals surface area contributed by atoms with E-state index in [2.05, 4.69) is 11.6 Å². The fraction of sp³-hybridized carbons (Fsp3) is 0.148. The molecule has 0 spiro atoms. The van der Waals surface area contributed by atoms with Gasteiger partial charge in [-0.25, -0.2) is 4.79 Å². The molecule has 6 nitrogen and oxygen atoms in total. The number of carboxylic acids is 1. The molecule has 0 saturated carbocycles. The Kier molecular flexibility index (Phi) is 6.52. The number of allylic oxidation sites excluding steroid dienone is 1. The summed E-state index contributed by atoms with van der Waals surface area (Å²) in [6.45, 7) is 7.51. The van der Waals surface area contributed by atoms with E-state index in [4.69, 9.17) is 16.3 Å². The minimum atomic E-state index is -1.27. The Balaban J connectivity index is 2.07. The molecule has 2 heterocycles. The van der Waals surface area contributed by atoms with Gasteiger partial charge in [0.2, 0.25) is 6.10 Å². The van der Waals surface area contributed by atoms with E-state index in [-0.39, 0.29) is 11.3 Å². The van der Waals surface area contributed by atoms with Gasteiger partial charge in [0.25, 0.3) is 5.56 Å². The lowest BCUT2D eigenvalue weighted by Crippen LogP contribution is -2.22. The molecule has 0 radical (unpaired) electrons. The summed E-state index contributed by atoms with van der Waals surface area (Å²) in [6.07, 6.45) is 2.09. The second-order valence-corrected chi connectivity index (χ2v) is 8.51. The third-order valence-electron chi connectivity index (χ3n) is 5.57. The van der Waals surface area contributed by atoms with Gasteiger partial charge in [-0.15, -0.1) is 0 Å². The number of pyridine rings is 2. The molecule has 2 aromatic heterocycles. The standard InChI is InChI=1S/C27H23ClN2O4/c1-16(2)34-26(27(32)33)24-17(3)14-22-21(25(24)19-4-6-20(28)7-5-19)8-9-23(31)30(22)15-18-10-12-29-13-11-18/h4-14,26H,1,15H2,2-3H3,(H,32,33)/t26-/m0/s1. The van der Waals surface area contributed by atoms with Crippen LogP contribution in [0.25, 0.3) is 22.0 Å². The van der Waals surface area contributed by atoms with E-state index in [1.54, 1.807) is 42.1 Å². The van der Waals surface area contributed by atoms with Gasteiger partial charge in [-0.3, -0.25) is 9.78 Å². The largest absolute Gasteiger partial charge is 0.479 e. The van der Waals surface area contributed by atoms with E-state index in [0.29, 0.717) is 33.8 Å². The predicted molar refractivity (Wildman–Crippen MR) is 133 cm³/mol. The molecule has 172 valence electrons. The molecule has 0 aliphatic carbocycles. The first-order valence-corrected chi connectivity index (χ1v) is 11.0. The average molecular weight is 475 g/mol. The number of nitrogens with zero attached hydrogens (tertiary/aromatic N) is 2. The number of carboxylic acid groups (broad SMARTS) is 1. The summed E-state index contributed by atoms with van der Waals surface area (Å²) in [5.41, 5.74) is 4.07. The topological polar surface area (TPSA) is 81.4 Å². The lowest BCUT2D eigenvalue weighted by molar-refractivity contribution is -0.148. The molecule has 4 aromatic rings. The van der Waals surface area contributed by atoms with Crippen LogP contribution >= 0.6 is 11.6 Å². The number of fused-ring (bicyclic) bond motifs is 1. The van der Waals surface area contributed by atoms with E-state index in [0.717, 1.165) is 16.5 Å². The Morgan fingerprint density at radius 3 is 2.44 bits per heavy atom. The summed E-state index contributed by atoms with van der Waals surface area (Å²) in [4.78, 5) is 29.2. The zero-order valence-corrected chi connectivity index (χ0v) is 19.5. The number of carbonyl (C=O) groups is 1. The number of aromatic nitrogens is 2. The zero-order valence-electron chi connectivity index (χ0n) is 18.8. The highest BCUT2D eigenvalue weighted by Crippen LogP contribution is 2.40. The van der Waals surface area contributed by atoms with Gasteiger partial charge in [-0.05, 0) is 72.5 Å². The first-order chi connectivity index (χ1) is 16.3. The van der Waals surface area contributed by atoms with Crippen molar-refractivity contribution in [3.63, 3.8) is 0 Å². The fourth-order valence-corrected chi connectivity index (χ4v) is 4.25. The van der Waals surface area contributed by atoms with Gasteiger partial charge < -0.3 is 14.4 Å². The Hall–Kier alpha value is -3.90. The van der Waals surface area contributed by atoms with Crippen LogP contribution < -0.4 is 5.56 Å². The maximum atomic E-state index is 12.9. The third kappa shape index (κ3) is 4.58. The summed E-state index contributed by atoms with van der Waals surface area (Å²) in [5, 5.41) is 11.3. The van der Waals surface area contributed by atoms with E-state index in [1.165, 1.54) is 6.07 Å². The summed E-state index contributed by atoms with van der Waals surface area (Å²) < 4.78 is 7.34. The van der Waals surface area contributed by atoms with Gasteiger partial charge in [0.05, 0.1) is 17.8 Å². The monoisotopic (exact) mass is 474 g/mol. The number of ether oxygens (including phenoxy) is 1. The summed E-state index contributed by atoms with van der Waals surface area (Å²) in [7, 11) is 0. The van der Waals surface area contributed by atoms with Crippen molar-refractivity contribution in [1.82, 2.24) is 9.55 Å². The predicted octanol–water partition coefficient (Wildman–Crippen LogP) is 5.75. The molecule has 34 heavy (non-hydrogen) atoms. The van der Waals surface area contributed by atoms with Gasteiger partial charge in [0, 0.05) is 34.4 Å². The van der Waals surface area contributed by atoms with Crippen molar-refractivity contribution in [2.24, 2.45) is 0 Å². The number of rotatable bonds is 7. The molecule has 4 rings (SSSR count). The van der Waals surface area contributed by atoms with Crippen molar-refractivity contribution < 1.29 is 14.6 Å². The molecule has 0 bridgehead atoms. The van der Waals surface area contributed by atoms with Crippen molar-refractivity contribution in [2.75, 3.05) is 0 Å². The number of aryl methyl sites for hydroxylation is 1. The third-order valence-corrected chi connectivity index (χ3v) is 5.82. The van der Waals surface area contributed by atoms with Crippen molar-refractivity contribution in [1.29, 1.82) is 0 Å². The summed E-state index contributed by atoms with van der Waals surface area (Å²) in [6, 6.07) is 15.9. The highest BCUT2D eigenvalue weighted by atomic mass is 35.5. The Morgan fingerprint density at radius 1 is 1.15 bits per heavy atom. The number of benzene rings is 2. The van der Waals surface area contributed by atoms with Gasteiger partial charge in [-0.1, -0.05) is 30.3 Å². The van der Waals surface area contributed by atoms with Crippen LogP contribution in [0.2, 0.25) is 5.02 Å². The quantitative estimate of drug-likeness (QED) is 0.345. The number of hydrogen-bond donors (Lipinski definition) is 1. The van der Waals surface area contributed by atoms with Crippen molar-refractivity contribution in [2.45, 2.75) is 26.5 Å². The smallest absolute Gasteiger partial charge is 0.349 e. The average Bonchev–Trinajstić information content (AvgIpc) is 2.80. The van der Waals surface area contributed by atoms with Crippen molar-refractivity contribution >= 4 is 28.5 Å². The Bertz CT molecular complexity index is 1440.